The Morgan fingerprint density at radius 3 is 2.11 bits per heavy atom. The predicted octanol–water partition coefficient (Wildman–Crippen LogP) is 1.27. The number of non-ortho nitro benzene ring substituents is 1. The van der Waals surface area contributed by atoms with Crippen molar-refractivity contribution in [2.24, 2.45) is 0 Å². The third-order valence-electron chi connectivity index (χ3n) is 6.52. The maximum absolute atomic E-state index is 12.9. The topological polar surface area (TPSA) is 95.8 Å². The van der Waals surface area contributed by atoms with Crippen molar-refractivity contribution in [1.29, 1.82) is 0 Å². The number of likely N-dealkylation sites (tertiary alicyclic amines) is 2. The van der Waals surface area contributed by atoms with Gasteiger partial charge in [-0.1, -0.05) is 0 Å². The molecule has 0 unspecified atom stereocenters. The van der Waals surface area contributed by atoms with Gasteiger partial charge in [-0.3, -0.25) is 19.9 Å². The van der Waals surface area contributed by atoms with Crippen LogP contribution in [0.2, 0.25) is 0 Å². The Morgan fingerprint density at radius 2 is 1.54 bits per heavy atom. The molecule has 0 radical (unpaired) electrons. The van der Waals surface area contributed by atoms with Gasteiger partial charge >= 0.3 is 0 Å². The maximum atomic E-state index is 12.9. The van der Waals surface area contributed by atoms with E-state index in [9.17, 15) is 18.5 Å². The van der Waals surface area contributed by atoms with E-state index in [2.05, 4.69) is 15.1 Å². The average Bonchev–Trinajstić information content (AvgIpc) is 2.68. The fourth-order valence-electron chi connectivity index (χ4n) is 4.69. The molecule has 9 heteroatoms. The van der Waals surface area contributed by atoms with Crippen LogP contribution in [0.5, 0.6) is 0 Å². The number of sulfone groups is 1. The summed E-state index contributed by atoms with van der Waals surface area (Å²) in [5.41, 5.74) is -0.0861. The Morgan fingerprint density at radius 1 is 0.929 bits per heavy atom. The van der Waals surface area contributed by atoms with Gasteiger partial charge in [-0.15, -0.1) is 0 Å². The van der Waals surface area contributed by atoms with Crippen molar-refractivity contribution in [2.45, 2.75) is 47.9 Å². The fourth-order valence-corrected chi connectivity index (χ4v) is 6.42. The average molecular weight is 409 g/mol. The van der Waals surface area contributed by atoms with Gasteiger partial charge in [0.25, 0.3) is 5.69 Å². The van der Waals surface area contributed by atoms with Gasteiger partial charge in [-0.25, -0.2) is 8.42 Å². The Labute approximate surface area is 166 Å². The largest absolute Gasteiger partial charge is 0.317 e. The highest BCUT2D eigenvalue weighted by molar-refractivity contribution is 7.92. The van der Waals surface area contributed by atoms with Gasteiger partial charge in [0.2, 0.25) is 0 Å². The molecule has 4 rings (SSSR count). The molecule has 1 aromatic rings. The number of nitro benzene ring substituents is 1. The van der Waals surface area contributed by atoms with Gasteiger partial charge in [0.15, 0.2) is 9.84 Å². The molecule has 3 aliphatic heterocycles. The molecule has 0 amide bonds. The normalized spacial score (nSPS) is 24.1. The molecule has 3 fully saturated rings. The van der Waals surface area contributed by atoms with E-state index in [1.807, 2.05) is 0 Å². The summed E-state index contributed by atoms with van der Waals surface area (Å²) in [6.45, 7) is 6.04. The summed E-state index contributed by atoms with van der Waals surface area (Å²) >= 11 is 0. The standard InChI is InChI=1S/C19H28N4O4S/c24-23(25)16-1-3-18(4-2-16)28(26,27)19-7-11-21(12-8-19)17-13-22(14-17)15-5-9-20-10-6-15/h1-4,15,17,19-20H,5-14H2. The van der Waals surface area contributed by atoms with Gasteiger partial charge in [-0.05, 0) is 64.0 Å². The van der Waals surface area contributed by atoms with E-state index in [1.54, 1.807) is 0 Å². The number of nitrogens with one attached hydrogen (secondary N) is 1. The first-order valence-electron chi connectivity index (χ1n) is 10.1. The molecule has 0 saturated carbocycles. The highest BCUT2D eigenvalue weighted by atomic mass is 32.2. The van der Waals surface area contributed by atoms with Crippen molar-refractivity contribution in [1.82, 2.24) is 15.1 Å². The number of rotatable bonds is 5. The molecule has 0 spiro atoms. The smallest absolute Gasteiger partial charge is 0.269 e. The second-order valence-electron chi connectivity index (χ2n) is 8.12. The quantitative estimate of drug-likeness (QED) is 0.579. The molecule has 8 nitrogen and oxygen atoms in total. The molecule has 154 valence electrons. The van der Waals surface area contributed by atoms with E-state index in [-0.39, 0.29) is 10.6 Å². The Bertz CT molecular complexity index is 794. The van der Waals surface area contributed by atoms with Gasteiger partial charge in [0.05, 0.1) is 15.1 Å². The molecule has 3 heterocycles. The minimum absolute atomic E-state index is 0.0861. The van der Waals surface area contributed by atoms with Crippen LogP contribution in [0, 0.1) is 10.1 Å². The van der Waals surface area contributed by atoms with Crippen LogP contribution in [0.4, 0.5) is 5.69 Å². The van der Waals surface area contributed by atoms with Crippen molar-refractivity contribution >= 4 is 15.5 Å². The maximum Gasteiger partial charge on any atom is 0.269 e. The van der Waals surface area contributed by atoms with Crippen LogP contribution >= 0.6 is 0 Å². The van der Waals surface area contributed by atoms with Crippen molar-refractivity contribution in [2.75, 3.05) is 39.3 Å². The molecule has 0 atom stereocenters. The lowest BCUT2D eigenvalue weighted by molar-refractivity contribution is -0.384. The lowest BCUT2D eigenvalue weighted by atomic mass is 9.96. The van der Waals surface area contributed by atoms with E-state index >= 15 is 0 Å². The Balaban J connectivity index is 1.29. The van der Waals surface area contributed by atoms with Crippen molar-refractivity contribution in [3.63, 3.8) is 0 Å². The zero-order chi connectivity index (χ0) is 19.7. The zero-order valence-corrected chi connectivity index (χ0v) is 16.8. The highest BCUT2D eigenvalue weighted by Crippen LogP contribution is 2.29. The first kappa shape index (κ1) is 19.8. The minimum atomic E-state index is -3.44. The van der Waals surface area contributed by atoms with E-state index < -0.39 is 20.0 Å². The van der Waals surface area contributed by atoms with Crippen LogP contribution in [0.25, 0.3) is 0 Å². The first-order valence-corrected chi connectivity index (χ1v) is 11.7. The van der Waals surface area contributed by atoms with Crippen LogP contribution in [-0.2, 0) is 9.84 Å². The second kappa shape index (κ2) is 8.06. The minimum Gasteiger partial charge on any atom is -0.317 e. The molecular weight excluding hydrogens is 380 g/mol. The third-order valence-corrected chi connectivity index (χ3v) is 8.80. The highest BCUT2D eigenvalue weighted by Gasteiger charge is 2.39. The van der Waals surface area contributed by atoms with Crippen molar-refractivity contribution < 1.29 is 13.3 Å². The summed E-state index contributed by atoms with van der Waals surface area (Å²) in [5, 5.41) is 13.8. The van der Waals surface area contributed by atoms with E-state index in [0.717, 1.165) is 39.3 Å². The Hall–Kier alpha value is -1.55. The first-order chi connectivity index (χ1) is 13.4. The molecule has 0 aromatic heterocycles. The molecular formula is C19H28N4O4S. The number of hydrogen-bond donors (Lipinski definition) is 1. The van der Waals surface area contributed by atoms with Crippen LogP contribution in [0.3, 0.4) is 0 Å². The number of benzene rings is 1. The molecule has 1 aromatic carbocycles. The predicted molar refractivity (Wildman–Crippen MR) is 106 cm³/mol. The molecule has 0 bridgehead atoms. The van der Waals surface area contributed by atoms with E-state index in [4.69, 9.17) is 0 Å². The lowest BCUT2D eigenvalue weighted by Gasteiger charge is -2.51. The Kier molecular flexibility index (Phi) is 5.69. The van der Waals surface area contributed by atoms with Crippen molar-refractivity contribution in [3.05, 3.63) is 34.4 Å². The zero-order valence-electron chi connectivity index (χ0n) is 16.0. The van der Waals surface area contributed by atoms with Crippen LogP contribution in [-0.4, -0.2) is 79.7 Å². The molecule has 1 N–H and O–H groups in total. The molecule has 28 heavy (non-hydrogen) atoms. The van der Waals surface area contributed by atoms with Crippen LogP contribution in [0.1, 0.15) is 25.7 Å². The molecule has 3 aliphatic rings. The van der Waals surface area contributed by atoms with Crippen LogP contribution < -0.4 is 5.32 Å². The summed E-state index contributed by atoms with van der Waals surface area (Å²) in [6, 6.07) is 6.53. The number of piperidine rings is 2. The summed E-state index contributed by atoms with van der Waals surface area (Å²) in [5.74, 6) is 0. The van der Waals surface area contributed by atoms with Gasteiger partial charge in [-0.2, -0.15) is 0 Å². The summed E-state index contributed by atoms with van der Waals surface area (Å²) in [6.07, 6.45) is 3.71. The van der Waals surface area contributed by atoms with Gasteiger partial charge < -0.3 is 5.32 Å². The summed E-state index contributed by atoms with van der Waals surface area (Å²) in [7, 11) is -3.44. The molecule has 3 saturated heterocycles. The lowest BCUT2D eigenvalue weighted by Crippen LogP contribution is -2.64. The van der Waals surface area contributed by atoms with Crippen molar-refractivity contribution in [3.8, 4) is 0 Å². The third kappa shape index (κ3) is 3.94. The van der Waals surface area contributed by atoms with Gasteiger partial charge in [0, 0.05) is 37.3 Å². The monoisotopic (exact) mass is 408 g/mol. The number of nitrogens with zero attached hydrogens (tertiary/aromatic N) is 3. The SMILES string of the molecule is O=[N+]([O-])c1ccc(S(=O)(=O)C2CCN(C3CN(C4CCNCC4)C3)CC2)cc1. The van der Waals surface area contributed by atoms with Crippen LogP contribution in [0.15, 0.2) is 29.2 Å². The summed E-state index contributed by atoms with van der Waals surface area (Å²) in [4.78, 5) is 15.5. The number of nitro groups is 1. The second-order valence-corrected chi connectivity index (χ2v) is 10.3. The fraction of sp³-hybridized carbons (Fsp3) is 0.684. The van der Waals surface area contributed by atoms with E-state index in [1.165, 1.54) is 37.1 Å². The van der Waals surface area contributed by atoms with Gasteiger partial charge in [0.1, 0.15) is 0 Å². The summed E-state index contributed by atoms with van der Waals surface area (Å²) < 4.78 is 25.8. The molecule has 0 aliphatic carbocycles. The van der Waals surface area contributed by atoms with E-state index in [0.29, 0.717) is 24.9 Å². The number of hydrogen-bond acceptors (Lipinski definition) is 7.